The molecule has 0 bridgehead atoms. The summed E-state index contributed by atoms with van der Waals surface area (Å²) in [6, 6.07) is 18.6. The third kappa shape index (κ3) is 3.21. The van der Waals surface area contributed by atoms with Crippen molar-refractivity contribution in [2.24, 2.45) is 4.99 Å². The van der Waals surface area contributed by atoms with Crippen LogP contribution in [0.1, 0.15) is 29.0 Å². The second-order valence-corrected chi connectivity index (χ2v) is 6.86. The molecule has 0 radical (unpaired) electrons. The van der Waals surface area contributed by atoms with Crippen LogP contribution in [0.2, 0.25) is 0 Å². The molecule has 2 aromatic heterocycles. The van der Waals surface area contributed by atoms with Gasteiger partial charge in [0.25, 0.3) is 0 Å². The molecule has 1 aliphatic rings. The standard InChI is InChI=1S/C20H20N4S/c1-2-21-20-18(16-11-7-13-25-16)23-17(14-8-4-3-5-9-14)15-10-6-12-22-19(15)24-20/h3-13,18,20-21H,2H2,1H3,(H,22,24). The number of nitrogens with zero attached hydrogens (tertiary/aromatic N) is 2. The monoisotopic (exact) mass is 348 g/mol. The van der Waals surface area contributed by atoms with Gasteiger partial charge in [0.05, 0.1) is 5.71 Å². The van der Waals surface area contributed by atoms with Gasteiger partial charge in [-0.25, -0.2) is 4.98 Å². The number of likely N-dealkylation sites (N-methyl/N-ethyl adjacent to an activating group) is 1. The highest BCUT2D eigenvalue weighted by molar-refractivity contribution is 7.10. The van der Waals surface area contributed by atoms with Gasteiger partial charge in [-0.3, -0.25) is 10.3 Å². The van der Waals surface area contributed by atoms with E-state index in [9.17, 15) is 0 Å². The van der Waals surface area contributed by atoms with Gasteiger partial charge in [-0.15, -0.1) is 11.3 Å². The third-order valence-electron chi connectivity index (χ3n) is 4.24. The molecule has 2 atom stereocenters. The van der Waals surface area contributed by atoms with E-state index in [1.54, 1.807) is 11.3 Å². The Morgan fingerprint density at radius 2 is 1.96 bits per heavy atom. The number of aliphatic imine (C=N–C) groups is 1. The fourth-order valence-electron chi connectivity index (χ4n) is 3.12. The van der Waals surface area contributed by atoms with E-state index >= 15 is 0 Å². The quantitative estimate of drug-likeness (QED) is 0.747. The largest absolute Gasteiger partial charge is 0.352 e. The smallest absolute Gasteiger partial charge is 0.136 e. The maximum atomic E-state index is 5.19. The van der Waals surface area contributed by atoms with Crippen molar-refractivity contribution < 1.29 is 0 Å². The Labute approximate surface area is 151 Å². The lowest BCUT2D eigenvalue weighted by Crippen LogP contribution is -2.40. The Kier molecular flexibility index (Phi) is 4.59. The number of hydrogen-bond acceptors (Lipinski definition) is 5. The summed E-state index contributed by atoms with van der Waals surface area (Å²) in [6.07, 6.45) is 1.82. The van der Waals surface area contributed by atoms with Crippen LogP contribution in [0.4, 0.5) is 5.82 Å². The molecule has 2 unspecified atom stereocenters. The lowest BCUT2D eigenvalue weighted by Gasteiger charge is -2.24. The highest BCUT2D eigenvalue weighted by atomic mass is 32.1. The van der Waals surface area contributed by atoms with Crippen molar-refractivity contribution >= 4 is 22.9 Å². The summed E-state index contributed by atoms with van der Waals surface area (Å²) < 4.78 is 0. The highest BCUT2D eigenvalue weighted by Crippen LogP contribution is 2.32. The molecular weight excluding hydrogens is 328 g/mol. The van der Waals surface area contributed by atoms with E-state index in [0.29, 0.717) is 0 Å². The van der Waals surface area contributed by atoms with Gasteiger partial charge in [-0.2, -0.15) is 0 Å². The van der Waals surface area contributed by atoms with E-state index in [2.05, 4.69) is 58.3 Å². The van der Waals surface area contributed by atoms with E-state index in [1.165, 1.54) is 4.88 Å². The summed E-state index contributed by atoms with van der Waals surface area (Å²) in [5, 5.41) is 9.20. The zero-order valence-corrected chi connectivity index (χ0v) is 14.8. The summed E-state index contributed by atoms with van der Waals surface area (Å²) in [5.41, 5.74) is 3.13. The minimum atomic E-state index is -0.00986. The number of anilines is 1. The molecule has 4 rings (SSSR count). The fraction of sp³-hybridized carbons (Fsp3) is 0.200. The lowest BCUT2D eigenvalue weighted by molar-refractivity contribution is 0.500. The van der Waals surface area contributed by atoms with E-state index in [0.717, 1.165) is 29.2 Å². The molecule has 0 aliphatic carbocycles. The molecule has 0 spiro atoms. The first-order valence-corrected chi connectivity index (χ1v) is 9.36. The molecule has 4 nitrogen and oxygen atoms in total. The van der Waals surface area contributed by atoms with Crippen molar-refractivity contribution in [2.75, 3.05) is 11.9 Å². The predicted octanol–water partition coefficient (Wildman–Crippen LogP) is 4.08. The molecule has 3 heterocycles. The first kappa shape index (κ1) is 16.0. The van der Waals surface area contributed by atoms with Crippen LogP contribution in [0.5, 0.6) is 0 Å². The molecule has 5 heteroatoms. The molecule has 0 saturated heterocycles. The molecular formula is C20H20N4S. The van der Waals surface area contributed by atoms with E-state index in [1.807, 2.05) is 30.5 Å². The molecule has 126 valence electrons. The number of benzene rings is 1. The maximum Gasteiger partial charge on any atom is 0.136 e. The lowest BCUT2D eigenvalue weighted by atomic mass is 10.0. The maximum absolute atomic E-state index is 5.19. The Morgan fingerprint density at radius 1 is 1.08 bits per heavy atom. The number of hydrogen-bond donors (Lipinski definition) is 2. The molecule has 0 saturated carbocycles. The molecule has 3 aromatic rings. The van der Waals surface area contributed by atoms with Gasteiger partial charge in [0.15, 0.2) is 0 Å². The van der Waals surface area contributed by atoms with Gasteiger partial charge >= 0.3 is 0 Å². The number of nitrogens with one attached hydrogen (secondary N) is 2. The van der Waals surface area contributed by atoms with Crippen LogP contribution in [0.3, 0.4) is 0 Å². The molecule has 1 aromatic carbocycles. The van der Waals surface area contributed by atoms with Gasteiger partial charge in [0.1, 0.15) is 18.0 Å². The van der Waals surface area contributed by atoms with Crippen molar-refractivity contribution in [3.05, 3.63) is 82.2 Å². The normalized spacial score (nSPS) is 19.5. The number of pyridine rings is 1. The van der Waals surface area contributed by atoms with E-state index < -0.39 is 0 Å². The highest BCUT2D eigenvalue weighted by Gasteiger charge is 2.29. The van der Waals surface area contributed by atoms with Crippen LogP contribution in [-0.4, -0.2) is 23.4 Å². The van der Waals surface area contributed by atoms with E-state index in [-0.39, 0.29) is 12.2 Å². The topological polar surface area (TPSA) is 49.3 Å². The zero-order chi connectivity index (χ0) is 17.1. The third-order valence-corrected chi connectivity index (χ3v) is 5.19. The van der Waals surface area contributed by atoms with Crippen LogP contribution in [-0.2, 0) is 0 Å². The molecule has 2 N–H and O–H groups in total. The van der Waals surface area contributed by atoms with Gasteiger partial charge in [-0.05, 0) is 30.1 Å². The second kappa shape index (κ2) is 7.17. The van der Waals surface area contributed by atoms with E-state index in [4.69, 9.17) is 4.99 Å². The molecule has 1 aliphatic heterocycles. The first-order valence-electron chi connectivity index (χ1n) is 8.48. The van der Waals surface area contributed by atoms with Crippen LogP contribution in [0.15, 0.2) is 71.2 Å². The van der Waals surface area contributed by atoms with Crippen molar-refractivity contribution in [3.63, 3.8) is 0 Å². The van der Waals surface area contributed by atoms with Crippen molar-refractivity contribution in [2.45, 2.75) is 19.1 Å². The average molecular weight is 348 g/mol. The summed E-state index contributed by atoms with van der Waals surface area (Å²) in [5.74, 6) is 0.870. The minimum Gasteiger partial charge on any atom is -0.352 e. The fourth-order valence-corrected chi connectivity index (χ4v) is 3.92. The van der Waals surface area contributed by atoms with Crippen molar-refractivity contribution in [1.29, 1.82) is 0 Å². The SMILES string of the molecule is CCNC1Nc2ncccc2C(c2ccccc2)=NC1c1cccs1. The zero-order valence-electron chi connectivity index (χ0n) is 14.0. The molecule has 0 amide bonds. The number of rotatable bonds is 4. The Hall–Kier alpha value is -2.50. The Balaban J connectivity index is 1.90. The van der Waals surface area contributed by atoms with Gasteiger partial charge in [0.2, 0.25) is 0 Å². The number of aromatic nitrogens is 1. The minimum absolute atomic E-state index is 0.00138. The number of fused-ring (bicyclic) bond motifs is 1. The van der Waals surface area contributed by atoms with Crippen LogP contribution in [0, 0.1) is 0 Å². The molecule has 25 heavy (non-hydrogen) atoms. The second-order valence-electron chi connectivity index (χ2n) is 5.88. The average Bonchev–Trinajstić information content (AvgIpc) is 3.13. The Bertz CT molecular complexity index is 858. The summed E-state index contributed by atoms with van der Waals surface area (Å²) >= 11 is 1.74. The summed E-state index contributed by atoms with van der Waals surface area (Å²) in [7, 11) is 0. The van der Waals surface area contributed by atoms with Crippen LogP contribution in [0.25, 0.3) is 0 Å². The van der Waals surface area contributed by atoms with Crippen molar-refractivity contribution in [3.8, 4) is 0 Å². The van der Waals surface area contributed by atoms with Gasteiger partial charge in [-0.1, -0.05) is 43.3 Å². The first-order chi connectivity index (χ1) is 12.4. The number of thiophene rings is 1. The van der Waals surface area contributed by atoms with Gasteiger partial charge < -0.3 is 5.32 Å². The van der Waals surface area contributed by atoms with Crippen LogP contribution >= 0.6 is 11.3 Å². The van der Waals surface area contributed by atoms with Crippen LogP contribution < -0.4 is 10.6 Å². The predicted molar refractivity (Wildman–Crippen MR) is 104 cm³/mol. The Morgan fingerprint density at radius 3 is 2.72 bits per heavy atom. The summed E-state index contributed by atoms with van der Waals surface area (Å²) in [4.78, 5) is 11.0. The molecule has 0 fully saturated rings. The van der Waals surface area contributed by atoms with Crippen molar-refractivity contribution in [1.82, 2.24) is 10.3 Å². The van der Waals surface area contributed by atoms with Gasteiger partial charge in [0, 0.05) is 22.2 Å². The summed E-state index contributed by atoms with van der Waals surface area (Å²) in [6.45, 7) is 2.97.